The summed E-state index contributed by atoms with van der Waals surface area (Å²) in [5, 5.41) is 12.3. The lowest BCUT2D eigenvalue weighted by molar-refractivity contribution is 0.115. The molecule has 1 amide bonds. The van der Waals surface area contributed by atoms with Gasteiger partial charge in [0.15, 0.2) is 0 Å². The van der Waals surface area contributed by atoms with E-state index >= 15 is 0 Å². The molecule has 0 aromatic heterocycles. The van der Waals surface area contributed by atoms with Gasteiger partial charge in [0.25, 0.3) is 0 Å². The number of carbonyl (C=O) groups excluding carboxylic acids is 1. The number of ether oxygens (including phenoxy) is 1. The zero-order chi connectivity index (χ0) is 14.1. The third-order valence-corrected chi connectivity index (χ3v) is 2.91. The highest BCUT2D eigenvalue weighted by atomic mass is 16.5. The fourth-order valence-corrected chi connectivity index (χ4v) is 1.65. The molecule has 104 valence electrons. The van der Waals surface area contributed by atoms with E-state index in [-0.39, 0.29) is 12.5 Å². The highest BCUT2D eigenvalue weighted by molar-refractivity contribution is 5.67. The van der Waals surface area contributed by atoms with Gasteiger partial charge in [-0.15, -0.1) is 6.58 Å². The number of nitrogens with one attached hydrogen (secondary N) is 1. The van der Waals surface area contributed by atoms with Gasteiger partial charge >= 0.3 is 6.09 Å². The number of amides is 1. The van der Waals surface area contributed by atoms with Gasteiger partial charge in [0, 0.05) is 12.5 Å². The van der Waals surface area contributed by atoms with Gasteiger partial charge in [-0.25, -0.2) is 4.79 Å². The second kappa shape index (κ2) is 8.32. The van der Waals surface area contributed by atoms with E-state index in [1.54, 1.807) is 6.08 Å². The molecule has 19 heavy (non-hydrogen) atoms. The van der Waals surface area contributed by atoms with Gasteiger partial charge in [-0.3, -0.25) is 0 Å². The van der Waals surface area contributed by atoms with Crippen molar-refractivity contribution in [1.29, 1.82) is 0 Å². The summed E-state index contributed by atoms with van der Waals surface area (Å²) in [6.45, 7) is 6.10. The zero-order valence-electron chi connectivity index (χ0n) is 11.2. The molecule has 1 aromatic rings. The summed E-state index contributed by atoms with van der Waals surface area (Å²) in [6.07, 6.45) is 1.29. The minimum Gasteiger partial charge on any atom is -0.445 e. The van der Waals surface area contributed by atoms with Crippen molar-refractivity contribution in [3.63, 3.8) is 0 Å². The van der Waals surface area contributed by atoms with E-state index in [4.69, 9.17) is 4.74 Å². The minimum absolute atomic E-state index is 0.158. The maximum Gasteiger partial charge on any atom is 0.407 e. The monoisotopic (exact) mass is 263 g/mol. The molecule has 0 bridgehead atoms. The maximum absolute atomic E-state index is 11.5. The number of rotatable bonds is 7. The molecule has 4 heteroatoms. The van der Waals surface area contributed by atoms with Crippen molar-refractivity contribution in [2.75, 3.05) is 6.54 Å². The van der Waals surface area contributed by atoms with Crippen molar-refractivity contribution in [1.82, 2.24) is 5.32 Å². The first kappa shape index (κ1) is 15.2. The van der Waals surface area contributed by atoms with E-state index in [1.807, 2.05) is 37.3 Å². The normalized spacial score (nSPS) is 13.4. The number of aliphatic hydroxyl groups is 1. The molecular formula is C15H21NO3. The van der Waals surface area contributed by atoms with Crippen molar-refractivity contribution >= 4 is 6.09 Å². The lowest BCUT2D eigenvalue weighted by Crippen LogP contribution is -2.34. The molecule has 0 aliphatic heterocycles. The fourth-order valence-electron chi connectivity index (χ4n) is 1.65. The second-order valence-electron chi connectivity index (χ2n) is 4.32. The molecule has 0 aliphatic rings. The van der Waals surface area contributed by atoms with Crippen LogP contribution in [0.25, 0.3) is 0 Å². The summed E-state index contributed by atoms with van der Waals surface area (Å²) in [5.74, 6) is -0.158. The molecule has 0 unspecified atom stereocenters. The predicted octanol–water partition coefficient (Wildman–Crippen LogP) is 2.49. The van der Waals surface area contributed by atoms with Crippen molar-refractivity contribution in [3.05, 3.63) is 48.6 Å². The Balaban J connectivity index is 2.29. The third kappa shape index (κ3) is 5.57. The first-order valence-electron chi connectivity index (χ1n) is 6.42. The van der Waals surface area contributed by atoms with Crippen molar-refractivity contribution in [2.24, 2.45) is 5.92 Å². The van der Waals surface area contributed by atoms with E-state index in [2.05, 4.69) is 11.9 Å². The molecule has 0 radical (unpaired) electrons. The Hall–Kier alpha value is -1.81. The van der Waals surface area contributed by atoms with Crippen LogP contribution in [0.4, 0.5) is 4.79 Å². The van der Waals surface area contributed by atoms with E-state index in [9.17, 15) is 9.90 Å². The van der Waals surface area contributed by atoms with Gasteiger partial charge in [-0.1, -0.05) is 43.3 Å². The lowest BCUT2D eigenvalue weighted by Gasteiger charge is -2.18. The fraction of sp³-hybridized carbons (Fsp3) is 0.400. The highest BCUT2D eigenvalue weighted by Crippen LogP contribution is 2.07. The number of hydrogen-bond acceptors (Lipinski definition) is 3. The Labute approximate surface area is 114 Å². The lowest BCUT2D eigenvalue weighted by atomic mass is 10.0. The molecule has 0 heterocycles. The van der Waals surface area contributed by atoms with Crippen LogP contribution in [0.1, 0.15) is 18.9 Å². The predicted molar refractivity (Wildman–Crippen MR) is 74.6 cm³/mol. The van der Waals surface area contributed by atoms with E-state index in [1.165, 1.54) is 0 Å². The van der Waals surface area contributed by atoms with Gasteiger partial charge in [-0.05, 0) is 12.0 Å². The van der Waals surface area contributed by atoms with Gasteiger partial charge in [0.1, 0.15) is 6.61 Å². The first-order chi connectivity index (χ1) is 9.17. The van der Waals surface area contributed by atoms with E-state index in [0.29, 0.717) is 13.0 Å². The van der Waals surface area contributed by atoms with E-state index < -0.39 is 12.2 Å². The summed E-state index contributed by atoms with van der Waals surface area (Å²) < 4.78 is 5.07. The molecule has 0 fully saturated rings. The highest BCUT2D eigenvalue weighted by Gasteiger charge is 2.15. The summed E-state index contributed by atoms with van der Waals surface area (Å²) >= 11 is 0. The van der Waals surface area contributed by atoms with Crippen LogP contribution in [-0.2, 0) is 11.3 Å². The van der Waals surface area contributed by atoms with Crippen LogP contribution < -0.4 is 5.32 Å². The second-order valence-corrected chi connectivity index (χ2v) is 4.32. The average Bonchev–Trinajstić information content (AvgIpc) is 2.46. The molecule has 0 saturated carbocycles. The SMILES string of the molecule is C=C[C@H](CNC(=O)OCc1ccccc1)[C@H](O)CC. The maximum atomic E-state index is 11.5. The van der Waals surface area contributed by atoms with Crippen molar-refractivity contribution in [3.8, 4) is 0 Å². The average molecular weight is 263 g/mol. The van der Waals surface area contributed by atoms with Gasteiger partial charge in [-0.2, -0.15) is 0 Å². The van der Waals surface area contributed by atoms with Crippen LogP contribution in [0.3, 0.4) is 0 Å². The minimum atomic E-state index is -0.494. The molecule has 1 aromatic carbocycles. The molecule has 0 spiro atoms. The first-order valence-corrected chi connectivity index (χ1v) is 6.42. The Morgan fingerprint density at radius 3 is 2.74 bits per heavy atom. The largest absolute Gasteiger partial charge is 0.445 e. The molecular weight excluding hydrogens is 242 g/mol. The van der Waals surface area contributed by atoms with Gasteiger partial charge < -0.3 is 15.2 Å². The van der Waals surface area contributed by atoms with Crippen molar-refractivity contribution < 1.29 is 14.6 Å². The standard InChI is InChI=1S/C15H21NO3/c1-3-13(14(17)4-2)10-16-15(18)19-11-12-8-6-5-7-9-12/h3,5-9,13-14,17H,1,4,10-11H2,2H3,(H,16,18)/t13-,14-/m1/s1. The Morgan fingerprint density at radius 2 is 2.16 bits per heavy atom. The van der Waals surface area contributed by atoms with E-state index in [0.717, 1.165) is 5.56 Å². The Bertz CT molecular complexity index is 392. The number of aliphatic hydroxyl groups excluding tert-OH is 1. The molecule has 0 aliphatic carbocycles. The number of alkyl carbamates (subject to hydrolysis) is 1. The summed E-state index contributed by atoms with van der Waals surface area (Å²) in [5.41, 5.74) is 0.937. The van der Waals surface area contributed by atoms with Crippen LogP contribution in [0.5, 0.6) is 0 Å². The number of benzene rings is 1. The van der Waals surface area contributed by atoms with Gasteiger partial charge in [0.2, 0.25) is 0 Å². The van der Waals surface area contributed by atoms with Crippen molar-refractivity contribution in [2.45, 2.75) is 26.1 Å². The number of carbonyl (C=O) groups is 1. The molecule has 1 rings (SSSR count). The third-order valence-electron chi connectivity index (χ3n) is 2.91. The van der Waals surface area contributed by atoms with Crippen LogP contribution >= 0.6 is 0 Å². The van der Waals surface area contributed by atoms with Gasteiger partial charge in [0.05, 0.1) is 6.10 Å². The smallest absolute Gasteiger partial charge is 0.407 e. The topological polar surface area (TPSA) is 58.6 Å². The molecule has 0 saturated heterocycles. The van der Waals surface area contributed by atoms with Crippen LogP contribution in [0.15, 0.2) is 43.0 Å². The Kier molecular flexibility index (Phi) is 6.68. The number of hydrogen-bond donors (Lipinski definition) is 2. The summed E-state index contributed by atoms with van der Waals surface area (Å²) in [7, 11) is 0. The van der Waals surface area contributed by atoms with Crippen LogP contribution in [0.2, 0.25) is 0 Å². The zero-order valence-corrected chi connectivity index (χ0v) is 11.2. The van der Waals surface area contributed by atoms with Crippen LogP contribution in [-0.4, -0.2) is 23.8 Å². The van der Waals surface area contributed by atoms with Crippen LogP contribution in [0, 0.1) is 5.92 Å². The molecule has 2 atom stereocenters. The quantitative estimate of drug-likeness (QED) is 0.743. The Morgan fingerprint density at radius 1 is 1.47 bits per heavy atom. The summed E-state index contributed by atoms with van der Waals surface area (Å²) in [4.78, 5) is 11.5. The summed E-state index contributed by atoms with van der Waals surface area (Å²) in [6, 6.07) is 9.47. The molecule has 4 nitrogen and oxygen atoms in total. The molecule has 2 N–H and O–H groups in total.